The van der Waals surface area contributed by atoms with Crippen molar-refractivity contribution < 1.29 is 17.9 Å². The van der Waals surface area contributed by atoms with E-state index in [4.69, 9.17) is 4.74 Å². The molecule has 0 saturated carbocycles. The van der Waals surface area contributed by atoms with Crippen LogP contribution in [0.3, 0.4) is 0 Å². The average Bonchev–Trinajstić information content (AvgIpc) is 3.09. The zero-order valence-electron chi connectivity index (χ0n) is 14.7. The number of nitrogens with zero attached hydrogens (tertiary/aromatic N) is 2. The molecule has 4 nitrogen and oxygen atoms in total. The number of nitrogens with one attached hydrogen (secondary N) is 1. The van der Waals surface area contributed by atoms with Crippen LogP contribution in [0.4, 0.5) is 18.9 Å². The zero-order chi connectivity index (χ0) is 19.4. The van der Waals surface area contributed by atoms with E-state index < -0.39 is 11.9 Å². The minimum atomic E-state index is -4.46. The highest BCUT2D eigenvalue weighted by Crippen LogP contribution is 2.29. The largest absolute Gasteiger partial charge is 0.491 e. The molecule has 0 bridgehead atoms. The van der Waals surface area contributed by atoms with E-state index in [9.17, 15) is 13.2 Å². The van der Waals surface area contributed by atoms with E-state index in [1.807, 2.05) is 43.5 Å². The van der Waals surface area contributed by atoms with E-state index in [1.54, 1.807) is 0 Å². The molecule has 1 aromatic carbocycles. The maximum absolute atomic E-state index is 12.7. The predicted octanol–water partition coefficient (Wildman–Crippen LogP) is 5.62. The van der Waals surface area contributed by atoms with Gasteiger partial charge in [0.1, 0.15) is 16.5 Å². The van der Waals surface area contributed by atoms with Crippen LogP contribution in [0, 0.1) is 0 Å². The van der Waals surface area contributed by atoms with E-state index in [2.05, 4.69) is 15.3 Å². The first kappa shape index (κ1) is 19.2. The van der Waals surface area contributed by atoms with Gasteiger partial charge in [-0.3, -0.25) is 4.98 Å². The number of hydrogen-bond donors (Lipinski definition) is 1. The third-order valence-corrected chi connectivity index (χ3v) is 4.49. The van der Waals surface area contributed by atoms with Crippen molar-refractivity contribution in [3.8, 4) is 16.3 Å². The van der Waals surface area contributed by atoms with Crippen molar-refractivity contribution in [1.82, 2.24) is 9.97 Å². The van der Waals surface area contributed by atoms with Gasteiger partial charge in [-0.1, -0.05) is 0 Å². The van der Waals surface area contributed by atoms with Gasteiger partial charge < -0.3 is 10.1 Å². The molecule has 0 aliphatic carbocycles. The molecule has 3 aromatic rings. The zero-order valence-corrected chi connectivity index (χ0v) is 15.6. The number of anilines is 1. The smallest absolute Gasteiger partial charge is 0.433 e. The molecule has 1 N–H and O–H groups in total. The van der Waals surface area contributed by atoms with Gasteiger partial charge in [-0.05, 0) is 50.2 Å². The third kappa shape index (κ3) is 5.19. The molecular weight excluding hydrogens is 375 g/mol. The Labute approximate surface area is 159 Å². The summed E-state index contributed by atoms with van der Waals surface area (Å²) in [6.07, 6.45) is -3.21. The van der Waals surface area contributed by atoms with E-state index in [-0.39, 0.29) is 6.10 Å². The number of rotatable bonds is 6. The summed E-state index contributed by atoms with van der Waals surface area (Å²) in [6, 6.07) is 10.1. The van der Waals surface area contributed by atoms with Crippen LogP contribution in [-0.4, -0.2) is 16.1 Å². The minimum absolute atomic E-state index is 0.111. The Morgan fingerprint density at radius 2 is 1.89 bits per heavy atom. The number of benzene rings is 1. The molecule has 0 fully saturated rings. The highest BCUT2D eigenvalue weighted by molar-refractivity contribution is 7.13. The first-order valence-electron chi connectivity index (χ1n) is 8.30. The third-order valence-electron chi connectivity index (χ3n) is 3.55. The number of ether oxygens (including phenoxy) is 1. The Bertz CT molecular complexity index is 892. The van der Waals surface area contributed by atoms with E-state index in [0.29, 0.717) is 12.2 Å². The lowest BCUT2D eigenvalue weighted by Crippen LogP contribution is -2.09. The lowest BCUT2D eigenvalue weighted by molar-refractivity contribution is -0.141. The SMILES string of the molecule is CC(C)Oc1ccc(-c2nc(CNc3ccnc(C(F)(F)F)c3)cs2)cc1. The summed E-state index contributed by atoms with van der Waals surface area (Å²) in [5.74, 6) is 0.797. The predicted molar refractivity (Wildman–Crippen MR) is 99.9 cm³/mol. The molecule has 0 radical (unpaired) electrons. The number of pyridine rings is 1. The number of halogens is 3. The maximum atomic E-state index is 12.7. The Kier molecular flexibility index (Phi) is 5.65. The van der Waals surface area contributed by atoms with E-state index >= 15 is 0 Å². The quantitative estimate of drug-likeness (QED) is 0.590. The second kappa shape index (κ2) is 7.96. The first-order valence-corrected chi connectivity index (χ1v) is 9.18. The van der Waals surface area contributed by atoms with Crippen molar-refractivity contribution in [3.05, 3.63) is 59.4 Å². The van der Waals surface area contributed by atoms with Crippen molar-refractivity contribution in [2.75, 3.05) is 5.32 Å². The Hall–Kier alpha value is -2.61. The van der Waals surface area contributed by atoms with Crippen LogP contribution >= 0.6 is 11.3 Å². The molecule has 8 heteroatoms. The molecule has 0 aliphatic heterocycles. The molecule has 0 unspecified atom stereocenters. The lowest BCUT2D eigenvalue weighted by atomic mass is 10.2. The summed E-state index contributed by atoms with van der Waals surface area (Å²) in [5, 5.41) is 5.68. The Balaban J connectivity index is 1.65. The Morgan fingerprint density at radius 3 is 2.56 bits per heavy atom. The molecule has 0 amide bonds. The summed E-state index contributed by atoms with van der Waals surface area (Å²) in [6.45, 7) is 4.26. The van der Waals surface area contributed by atoms with Gasteiger partial charge >= 0.3 is 6.18 Å². The second-order valence-corrected chi connectivity index (χ2v) is 6.97. The van der Waals surface area contributed by atoms with Crippen molar-refractivity contribution in [2.45, 2.75) is 32.7 Å². The molecule has 2 aromatic heterocycles. The summed E-state index contributed by atoms with van der Waals surface area (Å²) in [5.41, 5.74) is 1.14. The van der Waals surface area contributed by atoms with E-state index in [1.165, 1.54) is 17.4 Å². The van der Waals surface area contributed by atoms with Crippen LogP contribution in [0.1, 0.15) is 25.2 Å². The first-order chi connectivity index (χ1) is 12.8. The number of hydrogen-bond acceptors (Lipinski definition) is 5. The summed E-state index contributed by atoms with van der Waals surface area (Å²) < 4.78 is 43.8. The molecule has 27 heavy (non-hydrogen) atoms. The van der Waals surface area contributed by atoms with Gasteiger partial charge in [0.05, 0.1) is 18.3 Å². The molecule has 0 atom stereocenters. The van der Waals surface area contributed by atoms with Gasteiger partial charge in [0.2, 0.25) is 0 Å². The second-order valence-electron chi connectivity index (χ2n) is 6.12. The summed E-state index contributed by atoms with van der Waals surface area (Å²) in [4.78, 5) is 7.88. The maximum Gasteiger partial charge on any atom is 0.433 e. The van der Waals surface area contributed by atoms with Crippen LogP contribution in [0.5, 0.6) is 5.75 Å². The van der Waals surface area contributed by atoms with Crippen molar-refractivity contribution >= 4 is 17.0 Å². The summed E-state index contributed by atoms with van der Waals surface area (Å²) in [7, 11) is 0. The highest BCUT2D eigenvalue weighted by Gasteiger charge is 2.32. The molecular formula is C19H18F3N3OS. The normalized spacial score (nSPS) is 11.6. The van der Waals surface area contributed by atoms with Crippen molar-refractivity contribution in [3.63, 3.8) is 0 Å². The van der Waals surface area contributed by atoms with Gasteiger partial charge in [0.25, 0.3) is 0 Å². The van der Waals surface area contributed by atoms with Gasteiger partial charge in [-0.2, -0.15) is 13.2 Å². The van der Waals surface area contributed by atoms with Gasteiger partial charge in [-0.25, -0.2) is 4.98 Å². The fourth-order valence-corrected chi connectivity index (χ4v) is 3.18. The molecule has 142 valence electrons. The van der Waals surface area contributed by atoms with Crippen molar-refractivity contribution in [1.29, 1.82) is 0 Å². The van der Waals surface area contributed by atoms with Crippen LogP contribution in [0.2, 0.25) is 0 Å². The molecule has 0 aliphatic rings. The van der Waals surface area contributed by atoms with Crippen LogP contribution < -0.4 is 10.1 Å². The fourth-order valence-electron chi connectivity index (χ4n) is 2.36. The monoisotopic (exact) mass is 393 g/mol. The van der Waals surface area contributed by atoms with E-state index in [0.717, 1.165) is 34.3 Å². The Morgan fingerprint density at radius 1 is 1.15 bits per heavy atom. The van der Waals surface area contributed by atoms with Gasteiger partial charge in [0, 0.05) is 22.8 Å². The van der Waals surface area contributed by atoms with Crippen LogP contribution in [0.15, 0.2) is 48.0 Å². The lowest BCUT2D eigenvalue weighted by Gasteiger charge is -2.09. The number of aromatic nitrogens is 2. The molecule has 0 saturated heterocycles. The van der Waals surface area contributed by atoms with Gasteiger partial charge in [-0.15, -0.1) is 11.3 Å². The summed E-state index contributed by atoms with van der Waals surface area (Å²) >= 11 is 1.48. The van der Waals surface area contributed by atoms with Crippen molar-refractivity contribution in [2.24, 2.45) is 0 Å². The number of alkyl halides is 3. The molecule has 2 heterocycles. The molecule has 0 spiro atoms. The van der Waals surface area contributed by atoms with Gasteiger partial charge in [0.15, 0.2) is 0 Å². The topological polar surface area (TPSA) is 47.0 Å². The fraction of sp³-hybridized carbons (Fsp3) is 0.263. The van der Waals surface area contributed by atoms with Crippen LogP contribution in [0.25, 0.3) is 10.6 Å². The minimum Gasteiger partial charge on any atom is -0.491 e. The highest BCUT2D eigenvalue weighted by atomic mass is 32.1. The standard InChI is InChI=1S/C19H18F3N3OS/c1-12(2)26-16-5-3-13(4-6-16)18-25-15(11-27-18)10-24-14-7-8-23-17(9-14)19(20,21)22/h3-9,11-12H,10H2,1-2H3,(H,23,24). The number of thiazole rings is 1. The van der Waals surface area contributed by atoms with Crippen LogP contribution in [-0.2, 0) is 12.7 Å². The molecule has 3 rings (SSSR count). The average molecular weight is 393 g/mol.